The average Bonchev–Trinajstić information content (AvgIpc) is 2.61. The van der Waals surface area contributed by atoms with Crippen LogP contribution in [-0.2, 0) is 4.74 Å². The van der Waals surface area contributed by atoms with Crippen molar-refractivity contribution in [3.8, 4) is 0 Å². The van der Waals surface area contributed by atoms with Crippen LogP contribution in [0.3, 0.4) is 0 Å². The molecule has 0 heterocycles. The molecule has 2 rings (SSSR count). The van der Waals surface area contributed by atoms with Crippen LogP contribution in [0.25, 0.3) is 0 Å². The van der Waals surface area contributed by atoms with Crippen LogP contribution in [-0.4, -0.2) is 11.2 Å². The van der Waals surface area contributed by atoms with Crippen LogP contribution in [0.5, 0.6) is 0 Å². The van der Waals surface area contributed by atoms with Crippen LogP contribution in [0.2, 0.25) is 0 Å². The predicted molar refractivity (Wildman–Crippen MR) is 119 cm³/mol. The Hall–Kier alpha value is -0.0400. The van der Waals surface area contributed by atoms with E-state index in [-0.39, 0.29) is 11.2 Å². The van der Waals surface area contributed by atoms with Gasteiger partial charge in [-0.05, 0) is 39.5 Å². The summed E-state index contributed by atoms with van der Waals surface area (Å²) in [6.07, 6.45) is 30.7. The van der Waals surface area contributed by atoms with E-state index in [1.54, 1.807) is 0 Å². The zero-order chi connectivity index (χ0) is 19.3. The molecule has 0 amide bonds. The second-order valence-corrected chi connectivity index (χ2v) is 10.4. The van der Waals surface area contributed by atoms with Gasteiger partial charge in [0.05, 0.1) is 11.2 Å². The molecule has 0 radical (unpaired) electrons. The molecule has 0 atom stereocenters. The van der Waals surface area contributed by atoms with Gasteiger partial charge in [0, 0.05) is 0 Å². The van der Waals surface area contributed by atoms with E-state index in [2.05, 4.69) is 13.8 Å². The van der Waals surface area contributed by atoms with E-state index in [0.717, 1.165) is 0 Å². The van der Waals surface area contributed by atoms with Gasteiger partial charge in [0.2, 0.25) is 0 Å². The first-order valence-electron chi connectivity index (χ1n) is 12.8. The minimum absolute atomic E-state index is 0.116. The van der Waals surface area contributed by atoms with Crippen LogP contribution < -0.4 is 0 Å². The summed E-state index contributed by atoms with van der Waals surface area (Å²) in [5.74, 6) is 0. The Morgan fingerprint density at radius 3 is 0.741 bits per heavy atom. The van der Waals surface area contributed by atoms with Gasteiger partial charge < -0.3 is 4.74 Å². The molecular formula is C26H50O. The van der Waals surface area contributed by atoms with Gasteiger partial charge >= 0.3 is 0 Å². The van der Waals surface area contributed by atoms with E-state index in [1.165, 1.54) is 141 Å². The van der Waals surface area contributed by atoms with Crippen molar-refractivity contribution in [1.29, 1.82) is 0 Å². The van der Waals surface area contributed by atoms with Gasteiger partial charge in [-0.15, -0.1) is 0 Å². The molecule has 2 saturated carbocycles. The molecule has 0 spiro atoms. The molecule has 2 aliphatic carbocycles. The Morgan fingerprint density at radius 2 is 0.519 bits per heavy atom. The molecule has 0 N–H and O–H groups in total. The van der Waals surface area contributed by atoms with Gasteiger partial charge in [-0.3, -0.25) is 0 Å². The highest BCUT2D eigenvalue weighted by molar-refractivity contribution is 4.85. The number of hydrogen-bond acceptors (Lipinski definition) is 1. The maximum Gasteiger partial charge on any atom is 0.0662 e. The zero-order valence-electron chi connectivity index (χ0n) is 19.0. The first-order valence-corrected chi connectivity index (χ1v) is 12.8. The summed E-state index contributed by atoms with van der Waals surface area (Å²) in [5, 5.41) is 0. The van der Waals surface area contributed by atoms with Gasteiger partial charge in [-0.1, -0.05) is 116 Å². The molecule has 0 saturated heterocycles. The number of hydrogen-bond donors (Lipinski definition) is 0. The molecule has 1 nitrogen and oxygen atoms in total. The highest BCUT2D eigenvalue weighted by atomic mass is 16.5. The Labute approximate surface area is 171 Å². The topological polar surface area (TPSA) is 9.23 Å². The first-order chi connectivity index (χ1) is 13.1. The van der Waals surface area contributed by atoms with Crippen molar-refractivity contribution in [2.45, 2.75) is 166 Å². The minimum Gasteiger partial charge on any atom is -0.369 e. The Kier molecular flexibility index (Phi) is 11.4. The molecule has 27 heavy (non-hydrogen) atoms. The highest BCUT2D eigenvalue weighted by Crippen LogP contribution is 2.37. The van der Waals surface area contributed by atoms with Crippen molar-refractivity contribution in [2.75, 3.05) is 0 Å². The van der Waals surface area contributed by atoms with Crippen molar-refractivity contribution >= 4 is 0 Å². The fourth-order valence-corrected chi connectivity index (χ4v) is 5.52. The third-order valence-electron chi connectivity index (χ3n) is 7.32. The zero-order valence-corrected chi connectivity index (χ0v) is 19.0. The van der Waals surface area contributed by atoms with Crippen LogP contribution in [0.4, 0.5) is 0 Å². The molecule has 0 bridgehead atoms. The molecular weight excluding hydrogens is 328 g/mol. The van der Waals surface area contributed by atoms with Crippen molar-refractivity contribution in [2.24, 2.45) is 0 Å². The largest absolute Gasteiger partial charge is 0.369 e. The lowest BCUT2D eigenvalue weighted by atomic mass is 9.86. The van der Waals surface area contributed by atoms with Crippen LogP contribution in [0.1, 0.15) is 155 Å². The second kappa shape index (κ2) is 13.2. The molecule has 160 valence electrons. The molecule has 0 aromatic rings. The van der Waals surface area contributed by atoms with Gasteiger partial charge in [0.15, 0.2) is 0 Å². The van der Waals surface area contributed by atoms with Crippen LogP contribution in [0, 0.1) is 0 Å². The van der Waals surface area contributed by atoms with Gasteiger partial charge in [-0.2, -0.15) is 0 Å². The minimum atomic E-state index is 0.116. The smallest absolute Gasteiger partial charge is 0.0662 e. The summed E-state index contributed by atoms with van der Waals surface area (Å²) < 4.78 is 7.12. The Morgan fingerprint density at radius 1 is 0.333 bits per heavy atom. The van der Waals surface area contributed by atoms with E-state index >= 15 is 0 Å². The fraction of sp³-hybridized carbons (Fsp3) is 1.00. The quantitative estimate of drug-likeness (QED) is 0.465. The Bertz CT molecular complexity index is 303. The Balaban J connectivity index is 1.94. The summed E-state index contributed by atoms with van der Waals surface area (Å²) in [7, 11) is 0. The third kappa shape index (κ3) is 10.3. The van der Waals surface area contributed by atoms with Crippen LogP contribution >= 0.6 is 0 Å². The molecule has 0 aromatic carbocycles. The van der Waals surface area contributed by atoms with Gasteiger partial charge in [0.1, 0.15) is 0 Å². The SMILES string of the molecule is CC1(OC2(C)CCCCCCCCCCC2)CCCCCCCCCCC1. The summed E-state index contributed by atoms with van der Waals surface area (Å²) in [6.45, 7) is 4.92. The van der Waals surface area contributed by atoms with E-state index < -0.39 is 0 Å². The fourth-order valence-electron chi connectivity index (χ4n) is 5.52. The monoisotopic (exact) mass is 378 g/mol. The van der Waals surface area contributed by atoms with Crippen LogP contribution in [0.15, 0.2) is 0 Å². The first kappa shape index (κ1) is 23.2. The normalized spacial score (nSPS) is 27.3. The van der Waals surface area contributed by atoms with E-state index in [4.69, 9.17) is 4.74 Å². The predicted octanol–water partition coefficient (Wildman–Crippen LogP) is 9.13. The van der Waals surface area contributed by atoms with Crippen molar-refractivity contribution in [1.82, 2.24) is 0 Å². The van der Waals surface area contributed by atoms with Crippen molar-refractivity contribution < 1.29 is 4.74 Å². The standard InChI is InChI=1S/C26H50O/c1-25(21-17-13-9-5-3-6-10-14-18-22-25)27-26(2)23-19-15-11-7-4-8-12-16-20-24-26/h3-24H2,1-2H3. The molecule has 0 unspecified atom stereocenters. The maximum absolute atomic E-state index is 7.12. The number of ether oxygens (including phenoxy) is 1. The highest BCUT2D eigenvalue weighted by Gasteiger charge is 2.35. The lowest BCUT2D eigenvalue weighted by Crippen LogP contribution is -2.41. The van der Waals surface area contributed by atoms with E-state index in [0.29, 0.717) is 0 Å². The summed E-state index contributed by atoms with van der Waals surface area (Å²) >= 11 is 0. The molecule has 2 aliphatic rings. The second-order valence-electron chi connectivity index (χ2n) is 10.4. The lowest BCUT2D eigenvalue weighted by Gasteiger charge is -2.42. The third-order valence-corrected chi connectivity index (χ3v) is 7.32. The maximum atomic E-state index is 7.12. The molecule has 0 aliphatic heterocycles. The summed E-state index contributed by atoms with van der Waals surface area (Å²) in [5.41, 5.74) is 0.232. The summed E-state index contributed by atoms with van der Waals surface area (Å²) in [6, 6.07) is 0. The molecule has 0 aromatic heterocycles. The van der Waals surface area contributed by atoms with E-state index in [1.807, 2.05) is 0 Å². The van der Waals surface area contributed by atoms with Crippen molar-refractivity contribution in [3.63, 3.8) is 0 Å². The lowest BCUT2D eigenvalue weighted by molar-refractivity contribution is -0.157. The van der Waals surface area contributed by atoms with Crippen molar-refractivity contribution in [3.05, 3.63) is 0 Å². The molecule has 1 heteroatoms. The van der Waals surface area contributed by atoms with E-state index in [9.17, 15) is 0 Å². The number of rotatable bonds is 2. The van der Waals surface area contributed by atoms with Gasteiger partial charge in [-0.25, -0.2) is 0 Å². The summed E-state index contributed by atoms with van der Waals surface area (Å²) in [4.78, 5) is 0. The average molecular weight is 379 g/mol. The van der Waals surface area contributed by atoms with Gasteiger partial charge in [0.25, 0.3) is 0 Å². The molecule has 2 fully saturated rings.